The zero-order chi connectivity index (χ0) is 14.7. The van der Waals surface area contributed by atoms with Crippen molar-refractivity contribution in [2.75, 3.05) is 5.32 Å². The lowest BCUT2D eigenvalue weighted by molar-refractivity contribution is -0.387. The Kier molecular flexibility index (Phi) is 3.79. The van der Waals surface area contributed by atoms with Crippen LogP contribution in [-0.4, -0.2) is 15.0 Å². The maximum absolute atomic E-state index is 13.4. The molecule has 0 aliphatic heterocycles. The fourth-order valence-electron chi connectivity index (χ4n) is 1.68. The van der Waals surface area contributed by atoms with Crippen LogP contribution in [-0.2, 0) is 6.54 Å². The van der Waals surface area contributed by atoms with Crippen LogP contribution >= 0.6 is 0 Å². The largest absolute Gasteiger partial charge is 0.506 e. The second kappa shape index (κ2) is 5.52. The highest BCUT2D eigenvalue weighted by Gasteiger charge is 2.13. The van der Waals surface area contributed by atoms with Gasteiger partial charge in [-0.1, -0.05) is 0 Å². The number of pyridine rings is 1. The van der Waals surface area contributed by atoms with Gasteiger partial charge in [-0.05, 0) is 25.1 Å². The predicted octanol–water partition coefficient (Wildman–Crippen LogP) is 2.76. The van der Waals surface area contributed by atoms with Gasteiger partial charge in [0.15, 0.2) is 0 Å². The molecular formula is C13H12FN3O3. The molecule has 0 unspecified atom stereocenters. The summed E-state index contributed by atoms with van der Waals surface area (Å²) in [4.78, 5) is 13.9. The van der Waals surface area contributed by atoms with Crippen molar-refractivity contribution in [2.24, 2.45) is 0 Å². The van der Waals surface area contributed by atoms with Crippen LogP contribution in [0.4, 0.5) is 15.8 Å². The molecule has 0 saturated carbocycles. The van der Waals surface area contributed by atoms with Crippen molar-refractivity contribution in [1.82, 2.24) is 4.98 Å². The number of halogens is 1. The molecule has 1 aromatic heterocycles. The van der Waals surface area contributed by atoms with E-state index in [-0.39, 0.29) is 12.3 Å². The summed E-state index contributed by atoms with van der Waals surface area (Å²) in [6.45, 7) is 1.97. The molecule has 7 heteroatoms. The van der Waals surface area contributed by atoms with E-state index in [9.17, 15) is 19.6 Å². The maximum Gasteiger partial charge on any atom is 0.304 e. The topological polar surface area (TPSA) is 88.3 Å². The average Bonchev–Trinajstić information content (AvgIpc) is 2.39. The van der Waals surface area contributed by atoms with E-state index in [1.165, 1.54) is 12.1 Å². The summed E-state index contributed by atoms with van der Waals surface area (Å²) in [5.41, 5.74) is 0.959. The molecule has 0 aliphatic carbocycles. The SMILES string of the molecule is Cc1ccc(O)c(CNc2ccc([N+](=O)[O-])c(F)c2)n1. The van der Waals surface area contributed by atoms with Gasteiger partial charge in [0.25, 0.3) is 0 Å². The number of benzene rings is 1. The first-order valence-corrected chi connectivity index (χ1v) is 5.80. The van der Waals surface area contributed by atoms with Crippen molar-refractivity contribution in [3.63, 3.8) is 0 Å². The van der Waals surface area contributed by atoms with E-state index in [0.29, 0.717) is 11.4 Å². The Balaban J connectivity index is 2.13. The van der Waals surface area contributed by atoms with Gasteiger partial charge in [-0.25, -0.2) is 0 Å². The Hall–Kier alpha value is -2.70. The highest BCUT2D eigenvalue weighted by atomic mass is 19.1. The van der Waals surface area contributed by atoms with E-state index < -0.39 is 16.4 Å². The maximum atomic E-state index is 13.4. The molecule has 2 rings (SSSR count). The molecule has 2 N–H and O–H groups in total. The van der Waals surface area contributed by atoms with Gasteiger partial charge in [0.2, 0.25) is 5.82 Å². The summed E-state index contributed by atoms with van der Waals surface area (Å²) in [5, 5.41) is 23.0. The second-order valence-electron chi connectivity index (χ2n) is 4.20. The Bertz CT molecular complexity index is 661. The monoisotopic (exact) mass is 277 g/mol. The van der Waals surface area contributed by atoms with Crippen LogP contribution in [0, 0.1) is 22.9 Å². The number of hydrogen-bond acceptors (Lipinski definition) is 5. The van der Waals surface area contributed by atoms with E-state index in [4.69, 9.17) is 0 Å². The van der Waals surface area contributed by atoms with Crippen LogP contribution in [0.1, 0.15) is 11.4 Å². The summed E-state index contributed by atoms with van der Waals surface area (Å²) < 4.78 is 13.4. The van der Waals surface area contributed by atoms with Crippen molar-refractivity contribution < 1.29 is 14.4 Å². The molecule has 104 valence electrons. The fraction of sp³-hybridized carbons (Fsp3) is 0.154. The molecule has 20 heavy (non-hydrogen) atoms. The summed E-state index contributed by atoms with van der Waals surface area (Å²) >= 11 is 0. The number of anilines is 1. The molecule has 0 aliphatic rings. The van der Waals surface area contributed by atoms with Crippen LogP contribution in [0.15, 0.2) is 30.3 Å². The lowest BCUT2D eigenvalue weighted by Crippen LogP contribution is -2.03. The molecule has 0 saturated heterocycles. The number of rotatable bonds is 4. The minimum Gasteiger partial charge on any atom is -0.506 e. The normalized spacial score (nSPS) is 10.3. The molecule has 0 bridgehead atoms. The minimum atomic E-state index is -0.915. The van der Waals surface area contributed by atoms with Gasteiger partial charge in [0, 0.05) is 23.5 Å². The Morgan fingerprint density at radius 1 is 1.40 bits per heavy atom. The molecule has 0 amide bonds. The third kappa shape index (κ3) is 3.00. The molecule has 0 fully saturated rings. The van der Waals surface area contributed by atoms with E-state index in [1.54, 1.807) is 13.0 Å². The second-order valence-corrected chi connectivity index (χ2v) is 4.20. The molecule has 0 spiro atoms. The molecule has 6 nitrogen and oxygen atoms in total. The zero-order valence-electron chi connectivity index (χ0n) is 10.6. The summed E-state index contributed by atoms with van der Waals surface area (Å²) in [5.74, 6) is -0.882. The van der Waals surface area contributed by atoms with E-state index in [2.05, 4.69) is 10.3 Å². The summed E-state index contributed by atoms with van der Waals surface area (Å²) in [7, 11) is 0. The van der Waals surface area contributed by atoms with Gasteiger partial charge in [0.05, 0.1) is 11.5 Å². The number of nitrogens with zero attached hydrogens (tertiary/aromatic N) is 2. The van der Waals surface area contributed by atoms with E-state index >= 15 is 0 Å². The van der Waals surface area contributed by atoms with Crippen molar-refractivity contribution in [3.8, 4) is 5.75 Å². The van der Waals surface area contributed by atoms with Crippen molar-refractivity contribution in [1.29, 1.82) is 0 Å². The Labute approximate surface area is 114 Å². The first-order valence-electron chi connectivity index (χ1n) is 5.80. The number of hydrogen-bond donors (Lipinski definition) is 2. The van der Waals surface area contributed by atoms with Gasteiger partial charge in [0.1, 0.15) is 11.4 Å². The third-order valence-corrected chi connectivity index (χ3v) is 2.69. The standard InChI is InChI=1S/C13H12FN3O3/c1-8-2-5-13(18)11(16-8)7-15-9-3-4-12(17(19)20)10(14)6-9/h2-6,15,18H,7H2,1H3. The molecule has 1 aromatic carbocycles. The highest BCUT2D eigenvalue weighted by molar-refractivity contribution is 5.50. The zero-order valence-corrected chi connectivity index (χ0v) is 10.6. The van der Waals surface area contributed by atoms with Crippen LogP contribution < -0.4 is 5.32 Å². The fourth-order valence-corrected chi connectivity index (χ4v) is 1.68. The first-order chi connectivity index (χ1) is 9.47. The number of aromatic nitrogens is 1. The molecule has 2 aromatic rings. The summed E-state index contributed by atoms with van der Waals surface area (Å²) in [6, 6.07) is 6.71. The smallest absolute Gasteiger partial charge is 0.304 e. The number of nitro benzene ring substituents is 1. The Morgan fingerprint density at radius 2 is 2.15 bits per heavy atom. The van der Waals surface area contributed by atoms with Gasteiger partial charge >= 0.3 is 5.69 Å². The van der Waals surface area contributed by atoms with Crippen LogP contribution in [0.25, 0.3) is 0 Å². The van der Waals surface area contributed by atoms with Crippen molar-refractivity contribution in [3.05, 3.63) is 57.7 Å². The van der Waals surface area contributed by atoms with Gasteiger partial charge in [-0.15, -0.1) is 0 Å². The van der Waals surface area contributed by atoms with Gasteiger partial charge in [-0.3, -0.25) is 15.1 Å². The van der Waals surface area contributed by atoms with Crippen LogP contribution in [0.5, 0.6) is 5.75 Å². The molecular weight excluding hydrogens is 265 g/mol. The average molecular weight is 277 g/mol. The lowest BCUT2D eigenvalue weighted by Gasteiger charge is -2.08. The predicted molar refractivity (Wildman–Crippen MR) is 71.0 cm³/mol. The first kappa shape index (κ1) is 13.7. The third-order valence-electron chi connectivity index (χ3n) is 2.69. The minimum absolute atomic E-state index is 0.0329. The van der Waals surface area contributed by atoms with E-state index in [1.807, 2.05) is 0 Å². The number of aromatic hydroxyl groups is 1. The molecule has 0 radical (unpaired) electrons. The van der Waals surface area contributed by atoms with Crippen LogP contribution in [0.2, 0.25) is 0 Å². The van der Waals surface area contributed by atoms with Gasteiger partial charge in [-0.2, -0.15) is 4.39 Å². The highest BCUT2D eigenvalue weighted by Crippen LogP contribution is 2.22. The van der Waals surface area contributed by atoms with Gasteiger partial charge < -0.3 is 10.4 Å². The van der Waals surface area contributed by atoms with Crippen molar-refractivity contribution >= 4 is 11.4 Å². The van der Waals surface area contributed by atoms with E-state index in [0.717, 1.165) is 17.8 Å². The molecule has 0 atom stereocenters. The lowest BCUT2D eigenvalue weighted by atomic mass is 10.2. The number of nitro groups is 1. The Morgan fingerprint density at radius 3 is 2.80 bits per heavy atom. The molecule has 1 heterocycles. The quantitative estimate of drug-likeness (QED) is 0.662. The summed E-state index contributed by atoms with van der Waals surface area (Å²) in [6.07, 6.45) is 0. The van der Waals surface area contributed by atoms with Crippen molar-refractivity contribution in [2.45, 2.75) is 13.5 Å². The number of aryl methyl sites for hydroxylation is 1. The van der Waals surface area contributed by atoms with Crippen LogP contribution in [0.3, 0.4) is 0 Å². The number of nitrogens with one attached hydrogen (secondary N) is 1.